The van der Waals surface area contributed by atoms with Gasteiger partial charge in [0.15, 0.2) is 0 Å². The summed E-state index contributed by atoms with van der Waals surface area (Å²) in [6, 6.07) is 14.7. The maximum atomic E-state index is 14.0. The van der Waals surface area contributed by atoms with Crippen LogP contribution in [0, 0.1) is 30.6 Å². The summed E-state index contributed by atoms with van der Waals surface area (Å²) < 4.78 is 47.8. The van der Waals surface area contributed by atoms with Crippen LogP contribution in [0.3, 0.4) is 0 Å². The molecular formula is C36H39ClF3N3O3. The fourth-order valence-corrected chi connectivity index (χ4v) is 8.59. The van der Waals surface area contributed by atoms with E-state index in [0.717, 1.165) is 42.9 Å². The lowest BCUT2D eigenvalue weighted by Gasteiger charge is -2.59. The number of pyridine rings is 1. The van der Waals surface area contributed by atoms with E-state index in [2.05, 4.69) is 5.32 Å². The Morgan fingerprint density at radius 3 is 2.26 bits per heavy atom. The fraction of sp³-hybridized carbons (Fsp3) is 0.472. The summed E-state index contributed by atoms with van der Waals surface area (Å²) in [6.07, 6.45) is 0.539. The number of amides is 1. The van der Waals surface area contributed by atoms with Crippen molar-refractivity contribution in [3.63, 3.8) is 0 Å². The van der Waals surface area contributed by atoms with Gasteiger partial charge in [0.25, 0.3) is 5.91 Å². The van der Waals surface area contributed by atoms with Gasteiger partial charge in [0.1, 0.15) is 17.0 Å². The van der Waals surface area contributed by atoms with Crippen molar-refractivity contribution in [1.82, 2.24) is 15.2 Å². The predicted octanol–water partition coefficient (Wildman–Crippen LogP) is 7.76. The van der Waals surface area contributed by atoms with Gasteiger partial charge >= 0.3 is 6.18 Å². The molecule has 3 aromatic rings. The SMILES string of the molecule is Cc1ccccc1-c1ccc(C(=O)NC2(C(=O)Cl)C3CC4CC(C3)CC2C4)nc1-c1ccc(C(F)(F)F)c(OCCCN(C)C)c1. The van der Waals surface area contributed by atoms with Crippen molar-refractivity contribution in [1.29, 1.82) is 0 Å². The molecule has 4 aliphatic rings. The van der Waals surface area contributed by atoms with E-state index in [9.17, 15) is 22.8 Å². The van der Waals surface area contributed by atoms with Gasteiger partial charge in [-0.15, -0.1) is 0 Å². The second kappa shape index (κ2) is 12.6. The van der Waals surface area contributed by atoms with Gasteiger partial charge in [-0.2, -0.15) is 13.2 Å². The second-order valence-corrected chi connectivity index (χ2v) is 13.9. The van der Waals surface area contributed by atoms with Crippen molar-refractivity contribution in [2.45, 2.75) is 57.2 Å². The van der Waals surface area contributed by atoms with E-state index < -0.39 is 28.4 Å². The number of carbonyl (C=O) groups excluding carboxylic acids is 2. The first-order valence-electron chi connectivity index (χ1n) is 16.0. The smallest absolute Gasteiger partial charge is 0.419 e. The van der Waals surface area contributed by atoms with Crippen LogP contribution >= 0.6 is 11.6 Å². The summed E-state index contributed by atoms with van der Waals surface area (Å²) in [4.78, 5) is 33.8. The van der Waals surface area contributed by atoms with Crippen LogP contribution in [-0.2, 0) is 11.0 Å². The first-order chi connectivity index (χ1) is 21.9. The molecule has 10 heteroatoms. The Morgan fingerprint density at radius 1 is 0.978 bits per heavy atom. The maximum absolute atomic E-state index is 14.0. The lowest BCUT2D eigenvalue weighted by molar-refractivity contribution is -0.139. The van der Waals surface area contributed by atoms with Crippen LogP contribution in [-0.4, -0.2) is 53.8 Å². The number of hydrogen-bond acceptors (Lipinski definition) is 5. The third-order valence-corrected chi connectivity index (χ3v) is 10.5. The van der Waals surface area contributed by atoms with Gasteiger partial charge < -0.3 is 15.0 Å². The van der Waals surface area contributed by atoms with Crippen molar-refractivity contribution in [3.8, 4) is 28.1 Å². The van der Waals surface area contributed by atoms with Gasteiger partial charge in [0.2, 0.25) is 5.24 Å². The molecule has 0 aliphatic heterocycles. The van der Waals surface area contributed by atoms with Gasteiger partial charge in [-0.25, -0.2) is 4.98 Å². The topological polar surface area (TPSA) is 71.5 Å². The largest absolute Gasteiger partial charge is 0.493 e. The van der Waals surface area contributed by atoms with E-state index in [1.54, 1.807) is 12.1 Å². The molecule has 244 valence electrons. The van der Waals surface area contributed by atoms with Gasteiger partial charge in [0.05, 0.1) is 17.9 Å². The third-order valence-electron chi connectivity index (χ3n) is 10.2. The highest BCUT2D eigenvalue weighted by atomic mass is 35.5. The lowest BCUT2D eigenvalue weighted by Crippen LogP contribution is -2.69. The number of aromatic nitrogens is 1. The fourth-order valence-electron chi connectivity index (χ4n) is 8.24. The van der Waals surface area contributed by atoms with Crippen molar-refractivity contribution in [2.75, 3.05) is 27.2 Å². The third kappa shape index (κ3) is 6.16. The molecule has 0 spiro atoms. The van der Waals surface area contributed by atoms with E-state index in [4.69, 9.17) is 21.3 Å². The number of benzene rings is 2. The number of aryl methyl sites for hydroxylation is 1. The summed E-state index contributed by atoms with van der Waals surface area (Å²) in [7, 11) is 3.77. The molecule has 1 aromatic heterocycles. The number of alkyl halides is 3. The van der Waals surface area contributed by atoms with Crippen LogP contribution in [0.25, 0.3) is 22.4 Å². The van der Waals surface area contributed by atoms with Crippen molar-refractivity contribution in [2.24, 2.45) is 23.7 Å². The molecule has 1 N–H and O–H groups in total. The second-order valence-electron chi connectivity index (χ2n) is 13.5. The van der Waals surface area contributed by atoms with Crippen molar-refractivity contribution in [3.05, 3.63) is 71.4 Å². The molecule has 46 heavy (non-hydrogen) atoms. The van der Waals surface area contributed by atoms with Crippen LogP contribution in [0.4, 0.5) is 13.2 Å². The van der Waals surface area contributed by atoms with E-state index in [1.807, 2.05) is 50.2 Å². The summed E-state index contributed by atoms with van der Waals surface area (Å²) in [5.74, 6) is 0.250. The summed E-state index contributed by atoms with van der Waals surface area (Å²) in [6.45, 7) is 2.70. The number of hydrogen-bond donors (Lipinski definition) is 1. The highest BCUT2D eigenvalue weighted by Gasteiger charge is 2.61. The zero-order chi connectivity index (χ0) is 32.8. The monoisotopic (exact) mass is 653 g/mol. The number of nitrogens with one attached hydrogen (secondary N) is 1. The molecule has 0 unspecified atom stereocenters. The normalized spacial score (nSPS) is 25.1. The molecule has 4 bridgehead atoms. The molecule has 4 aliphatic carbocycles. The molecular weight excluding hydrogens is 615 g/mol. The molecule has 1 heterocycles. The molecule has 6 nitrogen and oxygen atoms in total. The highest BCUT2D eigenvalue weighted by Crippen LogP contribution is 2.59. The predicted molar refractivity (Wildman–Crippen MR) is 172 cm³/mol. The van der Waals surface area contributed by atoms with Crippen LogP contribution < -0.4 is 10.1 Å². The highest BCUT2D eigenvalue weighted by molar-refractivity contribution is 6.66. The summed E-state index contributed by atoms with van der Waals surface area (Å²) in [5.41, 5.74) is 1.18. The zero-order valence-electron chi connectivity index (χ0n) is 26.3. The Bertz CT molecular complexity index is 1610. The van der Waals surface area contributed by atoms with E-state index >= 15 is 0 Å². The van der Waals surface area contributed by atoms with Crippen LogP contribution in [0.15, 0.2) is 54.6 Å². The molecule has 7 rings (SSSR count). The summed E-state index contributed by atoms with van der Waals surface area (Å²) in [5, 5.41) is 2.53. The Balaban J connectivity index is 1.40. The molecule has 4 saturated carbocycles. The Kier molecular flexibility index (Phi) is 8.93. The van der Waals surface area contributed by atoms with Crippen LogP contribution in [0.5, 0.6) is 5.75 Å². The average Bonchev–Trinajstić information content (AvgIpc) is 3.00. The van der Waals surface area contributed by atoms with Gasteiger partial charge in [0, 0.05) is 17.7 Å². The number of halogens is 4. The standard InChI is InChI=1S/C36H39ClF3N3O3/c1-21-7-4-5-8-27(21)28-10-12-30(33(44)42-35(34(37)45)25-16-22-15-23(18-25)19-26(35)17-22)41-32(28)24-9-11-29(36(38,39)40)31(20-24)46-14-6-13-43(2)3/h4-5,7-12,20,22-23,25-26H,6,13-19H2,1-3H3,(H,42,44). The maximum Gasteiger partial charge on any atom is 0.419 e. The number of ether oxygens (including phenoxy) is 1. The Hall–Kier alpha value is -3.43. The van der Waals surface area contributed by atoms with Crippen LogP contribution in [0.2, 0.25) is 0 Å². The minimum absolute atomic E-state index is 0.0227. The van der Waals surface area contributed by atoms with E-state index in [0.29, 0.717) is 41.6 Å². The van der Waals surface area contributed by atoms with Gasteiger partial charge in [-0.05, 0) is 130 Å². The van der Waals surface area contributed by atoms with E-state index in [1.165, 1.54) is 18.6 Å². The van der Waals surface area contributed by atoms with Gasteiger partial charge in [-0.1, -0.05) is 30.3 Å². The number of rotatable bonds is 10. The molecule has 0 radical (unpaired) electrons. The zero-order valence-corrected chi connectivity index (χ0v) is 27.0. The minimum atomic E-state index is -4.62. The van der Waals surface area contributed by atoms with Gasteiger partial charge in [-0.3, -0.25) is 9.59 Å². The molecule has 1 amide bonds. The molecule has 4 fully saturated rings. The Labute approximate surface area is 272 Å². The summed E-state index contributed by atoms with van der Waals surface area (Å²) >= 11 is 6.32. The lowest BCUT2D eigenvalue weighted by atomic mass is 9.49. The number of nitrogens with zero attached hydrogens (tertiary/aromatic N) is 2. The molecule has 2 aromatic carbocycles. The Morgan fingerprint density at radius 2 is 1.65 bits per heavy atom. The van der Waals surface area contributed by atoms with Crippen molar-refractivity contribution >= 4 is 22.8 Å². The molecule has 0 atom stereocenters. The first-order valence-corrected chi connectivity index (χ1v) is 16.3. The van der Waals surface area contributed by atoms with Crippen LogP contribution in [0.1, 0.15) is 60.1 Å². The number of carbonyl (C=O) groups is 2. The quantitative estimate of drug-likeness (QED) is 0.179. The first kappa shape index (κ1) is 32.5. The van der Waals surface area contributed by atoms with E-state index in [-0.39, 0.29) is 29.9 Å². The molecule has 0 saturated heterocycles. The average molecular weight is 654 g/mol. The minimum Gasteiger partial charge on any atom is -0.493 e. The van der Waals surface area contributed by atoms with Crippen molar-refractivity contribution < 1.29 is 27.5 Å².